The van der Waals surface area contributed by atoms with Gasteiger partial charge in [0, 0.05) is 25.2 Å². The maximum atomic E-state index is 9.91. The van der Waals surface area contributed by atoms with Crippen LogP contribution in [0.25, 0.3) is 0 Å². The third kappa shape index (κ3) is 4.88. The lowest BCUT2D eigenvalue weighted by Gasteiger charge is -2.31. The summed E-state index contributed by atoms with van der Waals surface area (Å²) in [4.78, 5) is 0. The zero-order valence-corrected chi connectivity index (χ0v) is 13.0. The van der Waals surface area contributed by atoms with Gasteiger partial charge in [0.1, 0.15) is 12.7 Å². The molecule has 1 aliphatic heterocycles. The minimum absolute atomic E-state index is 0.0508. The van der Waals surface area contributed by atoms with E-state index < -0.39 is 6.10 Å². The van der Waals surface area contributed by atoms with Gasteiger partial charge >= 0.3 is 0 Å². The second kappa shape index (κ2) is 7.64. The van der Waals surface area contributed by atoms with Crippen LogP contribution in [-0.4, -0.2) is 49.1 Å². The second-order valence-corrected chi connectivity index (χ2v) is 5.83. The number of hydrogen-bond acceptors (Lipinski definition) is 5. The van der Waals surface area contributed by atoms with Crippen LogP contribution >= 0.6 is 0 Å². The number of rotatable bonds is 7. The molecule has 1 heterocycles. The van der Waals surface area contributed by atoms with Crippen molar-refractivity contribution in [2.45, 2.75) is 45.1 Å². The molecule has 0 radical (unpaired) electrons. The average molecular weight is 294 g/mol. The first-order valence-electron chi connectivity index (χ1n) is 7.59. The lowest BCUT2D eigenvalue weighted by molar-refractivity contribution is 0.0612. The number of ether oxygens (including phenoxy) is 2. The summed E-state index contributed by atoms with van der Waals surface area (Å²) in [6.45, 7) is 7.81. The Bertz CT molecular complexity index is 439. The van der Waals surface area contributed by atoms with Gasteiger partial charge in [-0.25, -0.2) is 0 Å². The molecule has 3 atom stereocenters. The fourth-order valence-electron chi connectivity index (χ4n) is 2.18. The molecule has 0 saturated carbocycles. The molecular weight excluding hydrogens is 268 g/mol. The quantitative estimate of drug-likeness (QED) is 0.704. The van der Waals surface area contributed by atoms with Crippen molar-refractivity contribution in [1.82, 2.24) is 10.6 Å². The van der Waals surface area contributed by atoms with Gasteiger partial charge < -0.3 is 25.2 Å². The zero-order valence-electron chi connectivity index (χ0n) is 13.0. The zero-order chi connectivity index (χ0) is 15.2. The van der Waals surface area contributed by atoms with Crippen LogP contribution < -0.4 is 20.1 Å². The highest BCUT2D eigenvalue weighted by atomic mass is 16.6. The molecule has 0 fully saturated rings. The summed E-state index contributed by atoms with van der Waals surface area (Å²) in [7, 11) is 0. The summed E-state index contributed by atoms with van der Waals surface area (Å²) in [6, 6.07) is 8.17. The normalized spacial score (nSPS) is 20.3. The van der Waals surface area contributed by atoms with E-state index in [0.29, 0.717) is 25.7 Å². The first kappa shape index (κ1) is 16.1. The molecule has 1 aromatic rings. The Morgan fingerprint density at radius 2 is 1.81 bits per heavy atom. The Labute approximate surface area is 126 Å². The smallest absolute Gasteiger partial charge is 0.161 e. The maximum absolute atomic E-state index is 9.91. The van der Waals surface area contributed by atoms with E-state index in [-0.39, 0.29) is 12.1 Å². The number of benzene rings is 1. The van der Waals surface area contributed by atoms with Crippen LogP contribution in [0.4, 0.5) is 0 Å². The summed E-state index contributed by atoms with van der Waals surface area (Å²) in [5.41, 5.74) is 0. The molecule has 0 spiro atoms. The molecule has 5 nitrogen and oxygen atoms in total. The van der Waals surface area contributed by atoms with E-state index in [1.807, 2.05) is 31.2 Å². The number of fused-ring (bicyclic) bond motifs is 1. The van der Waals surface area contributed by atoms with Crippen LogP contribution in [0.5, 0.6) is 11.5 Å². The maximum Gasteiger partial charge on any atom is 0.161 e. The highest BCUT2D eigenvalue weighted by Gasteiger charge is 2.26. The van der Waals surface area contributed by atoms with E-state index in [2.05, 4.69) is 24.5 Å². The van der Waals surface area contributed by atoms with Gasteiger partial charge in [-0.2, -0.15) is 0 Å². The monoisotopic (exact) mass is 294 g/mol. The average Bonchev–Trinajstić information content (AvgIpc) is 2.50. The Kier molecular flexibility index (Phi) is 5.85. The molecule has 0 unspecified atom stereocenters. The second-order valence-electron chi connectivity index (χ2n) is 5.83. The van der Waals surface area contributed by atoms with Gasteiger partial charge in [-0.15, -0.1) is 0 Å². The Morgan fingerprint density at radius 1 is 1.14 bits per heavy atom. The Balaban J connectivity index is 1.76. The highest BCUT2D eigenvalue weighted by molar-refractivity contribution is 5.40. The summed E-state index contributed by atoms with van der Waals surface area (Å²) in [6.07, 6.45) is -0.461. The summed E-state index contributed by atoms with van der Waals surface area (Å²) < 4.78 is 11.6. The van der Waals surface area contributed by atoms with Crippen LogP contribution in [0.2, 0.25) is 0 Å². The molecule has 0 aliphatic carbocycles. The van der Waals surface area contributed by atoms with Crippen LogP contribution in [0.1, 0.15) is 20.8 Å². The van der Waals surface area contributed by atoms with Crippen LogP contribution in [0, 0.1) is 0 Å². The molecule has 0 saturated heterocycles. The van der Waals surface area contributed by atoms with E-state index in [4.69, 9.17) is 9.47 Å². The summed E-state index contributed by atoms with van der Waals surface area (Å²) in [5.74, 6) is 1.58. The largest absolute Gasteiger partial charge is 0.486 e. The predicted molar refractivity (Wildman–Crippen MR) is 83.0 cm³/mol. The molecule has 118 valence electrons. The fourth-order valence-corrected chi connectivity index (χ4v) is 2.18. The lowest BCUT2D eigenvalue weighted by atomic mass is 10.1. The predicted octanol–water partition coefficient (Wildman–Crippen LogP) is 1.16. The third-order valence-electron chi connectivity index (χ3n) is 3.53. The molecule has 21 heavy (non-hydrogen) atoms. The first-order chi connectivity index (χ1) is 10.1. The Hall–Kier alpha value is -1.30. The van der Waals surface area contributed by atoms with Crippen molar-refractivity contribution in [1.29, 1.82) is 0 Å². The van der Waals surface area contributed by atoms with Crippen molar-refractivity contribution < 1.29 is 14.6 Å². The van der Waals surface area contributed by atoms with Gasteiger partial charge in [0.05, 0.1) is 6.10 Å². The molecule has 0 amide bonds. The SMILES string of the molecule is CC(C)NC[C@H](O)CN[C@@H](C)[C@H]1COc2ccccc2O1. The number of para-hydroxylation sites is 2. The van der Waals surface area contributed by atoms with Crippen molar-refractivity contribution in [2.24, 2.45) is 0 Å². The van der Waals surface area contributed by atoms with E-state index in [9.17, 15) is 5.11 Å². The molecular formula is C16H26N2O3. The fraction of sp³-hybridized carbons (Fsp3) is 0.625. The molecule has 1 aliphatic rings. The highest BCUT2D eigenvalue weighted by Crippen LogP contribution is 2.31. The summed E-state index contributed by atoms with van der Waals surface area (Å²) in [5, 5.41) is 16.4. The van der Waals surface area contributed by atoms with Gasteiger partial charge in [-0.05, 0) is 19.1 Å². The van der Waals surface area contributed by atoms with Gasteiger partial charge in [-0.1, -0.05) is 26.0 Å². The van der Waals surface area contributed by atoms with Crippen molar-refractivity contribution in [3.63, 3.8) is 0 Å². The van der Waals surface area contributed by atoms with Gasteiger partial charge in [0.25, 0.3) is 0 Å². The van der Waals surface area contributed by atoms with E-state index in [0.717, 1.165) is 11.5 Å². The van der Waals surface area contributed by atoms with E-state index in [1.54, 1.807) is 0 Å². The van der Waals surface area contributed by atoms with Crippen LogP contribution in [0.3, 0.4) is 0 Å². The molecule has 5 heteroatoms. The lowest BCUT2D eigenvalue weighted by Crippen LogP contribution is -2.49. The number of aliphatic hydroxyl groups is 1. The molecule has 3 N–H and O–H groups in total. The minimum atomic E-state index is -0.411. The standard InChI is InChI=1S/C16H26N2O3/c1-11(2)17-8-13(19)9-18-12(3)16-10-20-14-6-4-5-7-15(14)21-16/h4-7,11-13,16-19H,8-10H2,1-3H3/t12-,13-,16+/m0/s1. The Morgan fingerprint density at radius 3 is 2.52 bits per heavy atom. The van der Waals surface area contributed by atoms with Gasteiger partial charge in [0.15, 0.2) is 11.5 Å². The van der Waals surface area contributed by atoms with Crippen LogP contribution in [0.15, 0.2) is 24.3 Å². The van der Waals surface area contributed by atoms with Gasteiger partial charge in [-0.3, -0.25) is 0 Å². The van der Waals surface area contributed by atoms with Crippen molar-refractivity contribution in [2.75, 3.05) is 19.7 Å². The molecule has 0 bridgehead atoms. The number of hydrogen-bond donors (Lipinski definition) is 3. The number of nitrogens with one attached hydrogen (secondary N) is 2. The van der Waals surface area contributed by atoms with Crippen LogP contribution in [-0.2, 0) is 0 Å². The van der Waals surface area contributed by atoms with Crippen molar-refractivity contribution in [3.05, 3.63) is 24.3 Å². The molecule has 1 aromatic carbocycles. The van der Waals surface area contributed by atoms with Crippen molar-refractivity contribution >= 4 is 0 Å². The van der Waals surface area contributed by atoms with Gasteiger partial charge in [0.2, 0.25) is 0 Å². The molecule has 2 rings (SSSR count). The van der Waals surface area contributed by atoms with Crippen molar-refractivity contribution in [3.8, 4) is 11.5 Å². The number of aliphatic hydroxyl groups excluding tert-OH is 1. The minimum Gasteiger partial charge on any atom is -0.486 e. The van der Waals surface area contributed by atoms with E-state index in [1.165, 1.54) is 0 Å². The molecule has 0 aromatic heterocycles. The first-order valence-corrected chi connectivity index (χ1v) is 7.59. The topological polar surface area (TPSA) is 62.8 Å². The summed E-state index contributed by atoms with van der Waals surface area (Å²) >= 11 is 0. The third-order valence-corrected chi connectivity index (χ3v) is 3.53. The van der Waals surface area contributed by atoms with E-state index >= 15 is 0 Å².